The first kappa shape index (κ1) is 17.0. The second-order valence-electron chi connectivity index (χ2n) is 7.39. The summed E-state index contributed by atoms with van der Waals surface area (Å²) in [6.07, 6.45) is 3.08. The van der Waals surface area contributed by atoms with Crippen LogP contribution in [0.2, 0.25) is 0 Å². The second-order valence-corrected chi connectivity index (χ2v) is 7.39. The van der Waals surface area contributed by atoms with Gasteiger partial charge in [-0.1, -0.05) is 30.3 Å². The molecule has 1 aliphatic heterocycles. The average molecular weight is 351 g/mol. The van der Waals surface area contributed by atoms with Crippen LogP contribution < -0.4 is 10.2 Å². The van der Waals surface area contributed by atoms with E-state index < -0.39 is 0 Å². The Labute approximate surface area is 154 Å². The Hall–Kier alpha value is -2.40. The van der Waals surface area contributed by atoms with Gasteiger partial charge in [0.05, 0.1) is 12.2 Å². The first-order valence-electron chi connectivity index (χ1n) is 9.32. The summed E-state index contributed by atoms with van der Waals surface area (Å²) in [6.45, 7) is 5.81. The molecule has 1 aliphatic carbocycles. The summed E-state index contributed by atoms with van der Waals surface area (Å²) >= 11 is 0. The van der Waals surface area contributed by atoms with Gasteiger partial charge in [-0.05, 0) is 38.0 Å². The molecule has 5 heteroatoms. The maximum absolute atomic E-state index is 12.6. The van der Waals surface area contributed by atoms with Gasteiger partial charge < -0.3 is 15.0 Å². The highest BCUT2D eigenvalue weighted by molar-refractivity contribution is 5.93. The van der Waals surface area contributed by atoms with Crippen molar-refractivity contribution in [1.82, 2.24) is 10.3 Å². The van der Waals surface area contributed by atoms with Crippen LogP contribution in [0.15, 0.2) is 48.7 Å². The Balaban J connectivity index is 1.41. The fourth-order valence-corrected chi connectivity index (χ4v) is 3.79. The minimum atomic E-state index is -0.0929. The lowest BCUT2D eigenvalue weighted by Gasteiger charge is -2.36. The molecule has 0 radical (unpaired) electrons. The lowest BCUT2D eigenvalue weighted by molar-refractivity contribution is -0.00522. The Morgan fingerprint density at radius 3 is 2.62 bits per heavy atom. The molecular weight excluding hydrogens is 326 g/mol. The molecule has 4 rings (SSSR count). The van der Waals surface area contributed by atoms with Crippen molar-refractivity contribution in [2.45, 2.75) is 44.4 Å². The first-order chi connectivity index (χ1) is 12.6. The minimum Gasteiger partial charge on any atom is -0.372 e. The van der Waals surface area contributed by atoms with Gasteiger partial charge in [0.2, 0.25) is 0 Å². The van der Waals surface area contributed by atoms with Crippen LogP contribution in [-0.2, 0) is 4.74 Å². The smallest absolute Gasteiger partial charge is 0.270 e. The van der Waals surface area contributed by atoms with E-state index in [9.17, 15) is 4.79 Å². The summed E-state index contributed by atoms with van der Waals surface area (Å²) in [6, 6.07) is 14.4. The van der Waals surface area contributed by atoms with E-state index in [2.05, 4.69) is 41.2 Å². The maximum Gasteiger partial charge on any atom is 0.270 e. The molecule has 1 aromatic heterocycles. The second kappa shape index (κ2) is 7.08. The highest BCUT2D eigenvalue weighted by Gasteiger charge is 2.39. The van der Waals surface area contributed by atoms with E-state index >= 15 is 0 Å². The highest BCUT2D eigenvalue weighted by atomic mass is 16.5. The first-order valence-corrected chi connectivity index (χ1v) is 9.32. The van der Waals surface area contributed by atoms with E-state index in [0.717, 1.165) is 25.2 Å². The summed E-state index contributed by atoms with van der Waals surface area (Å²) in [5.41, 5.74) is 2.80. The van der Waals surface area contributed by atoms with E-state index in [-0.39, 0.29) is 24.2 Å². The zero-order valence-corrected chi connectivity index (χ0v) is 15.3. The summed E-state index contributed by atoms with van der Waals surface area (Å²) in [7, 11) is 0. The molecule has 1 saturated heterocycles. The molecule has 136 valence electrons. The van der Waals surface area contributed by atoms with Crippen LogP contribution in [0.25, 0.3) is 0 Å². The minimum absolute atomic E-state index is 0.0929. The fraction of sp³-hybridized carbons (Fsp3) is 0.429. The predicted molar refractivity (Wildman–Crippen MR) is 102 cm³/mol. The van der Waals surface area contributed by atoms with E-state index in [1.165, 1.54) is 5.56 Å². The molecule has 5 nitrogen and oxygen atoms in total. The van der Waals surface area contributed by atoms with Gasteiger partial charge in [0, 0.05) is 36.9 Å². The number of pyridine rings is 1. The van der Waals surface area contributed by atoms with Crippen LogP contribution >= 0.6 is 0 Å². The standard InChI is InChI=1S/C21H25N3O2/c1-14-12-24(13-15(2)26-14)17-8-9-22-20(10-17)21(25)23-19-11-18(19)16-6-4-3-5-7-16/h3-10,14-15,18-19H,11-13H2,1-2H3,(H,23,25)/t14-,15-,18-,19+/m0/s1. The molecule has 2 heterocycles. The van der Waals surface area contributed by atoms with E-state index in [1.807, 2.05) is 30.3 Å². The highest BCUT2D eigenvalue weighted by Crippen LogP contribution is 2.40. The van der Waals surface area contributed by atoms with Crippen LogP contribution in [-0.4, -0.2) is 42.2 Å². The van der Waals surface area contributed by atoms with Gasteiger partial charge in [-0.25, -0.2) is 0 Å². The number of benzene rings is 1. The molecule has 1 N–H and O–H groups in total. The molecular formula is C21H25N3O2. The van der Waals surface area contributed by atoms with E-state index in [1.54, 1.807) is 6.20 Å². The lowest BCUT2D eigenvalue weighted by Crippen LogP contribution is -2.45. The van der Waals surface area contributed by atoms with Crippen molar-refractivity contribution in [3.05, 3.63) is 59.9 Å². The summed E-state index contributed by atoms with van der Waals surface area (Å²) < 4.78 is 5.79. The summed E-state index contributed by atoms with van der Waals surface area (Å²) in [5.74, 6) is 0.328. The van der Waals surface area contributed by atoms with Gasteiger partial charge in [-0.2, -0.15) is 0 Å². The number of ether oxygens (including phenoxy) is 1. The van der Waals surface area contributed by atoms with E-state index in [0.29, 0.717) is 11.6 Å². The number of carbonyl (C=O) groups excluding carboxylic acids is 1. The van der Waals surface area contributed by atoms with Crippen molar-refractivity contribution < 1.29 is 9.53 Å². The third-order valence-electron chi connectivity index (χ3n) is 5.10. The van der Waals surface area contributed by atoms with E-state index in [4.69, 9.17) is 4.74 Å². The Kier molecular flexibility index (Phi) is 4.64. The van der Waals surface area contributed by atoms with Crippen molar-refractivity contribution >= 4 is 11.6 Å². The molecule has 0 unspecified atom stereocenters. The number of morpholine rings is 1. The van der Waals surface area contributed by atoms with Gasteiger partial charge in [0.25, 0.3) is 5.91 Å². The number of hydrogen-bond acceptors (Lipinski definition) is 4. The largest absolute Gasteiger partial charge is 0.372 e. The molecule has 1 aromatic carbocycles. The number of aromatic nitrogens is 1. The normalized spacial score (nSPS) is 27.8. The molecule has 4 atom stereocenters. The zero-order chi connectivity index (χ0) is 18.1. The van der Waals surface area contributed by atoms with Crippen molar-refractivity contribution in [3.8, 4) is 0 Å². The molecule has 0 spiro atoms. The van der Waals surface area contributed by atoms with Crippen LogP contribution in [0.5, 0.6) is 0 Å². The van der Waals surface area contributed by atoms with Crippen molar-refractivity contribution in [2.24, 2.45) is 0 Å². The number of nitrogens with zero attached hydrogens (tertiary/aromatic N) is 2. The van der Waals surface area contributed by atoms with Gasteiger partial charge in [0.1, 0.15) is 5.69 Å². The Morgan fingerprint density at radius 1 is 1.15 bits per heavy atom. The molecule has 2 fully saturated rings. The van der Waals surface area contributed by atoms with Gasteiger partial charge in [-0.15, -0.1) is 0 Å². The molecule has 0 bridgehead atoms. The maximum atomic E-state index is 12.6. The SMILES string of the molecule is C[C@H]1CN(c2ccnc(C(=O)N[C@@H]3C[C@H]3c3ccccc3)c2)C[C@H](C)O1. The van der Waals surface area contributed by atoms with Crippen molar-refractivity contribution in [3.63, 3.8) is 0 Å². The number of carbonyl (C=O) groups is 1. The van der Waals surface area contributed by atoms with Crippen molar-refractivity contribution in [1.29, 1.82) is 0 Å². The molecule has 26 heavy (non-hydrogen) atoms. The topological polar surface area (TPSA) is 54.5 Å². The number of anilines is 1. The monoisotopic (exact) mass is 351 g/mol. The van der Waals surface area contributed by atoms with Gasteiger partial charge in [-0.3, -0.25) is 9.78 Å². The summed E-state index contributed by atoms with van der Waals surface area (Å²) in [5, 5.41) is 3.12. The molecule has 2 aromatic rings. The molecule has 2 aliphatic rings. The number of rotatable bonds is 4. The van der Waals surface area contributed by atoms with Crippen molar-refractivity contribution in [2.75, 3.05) is 18.0 Å². The van der Waals surface area contributed by atoms with Gasteiger partial charge >= 0.3 is 0 Å². The van der Waals surface area contributed by atoms with Gasteiger partial charge in [0.15, 0.2) is 0 Å². The Bertz CT molecular complexity index is 770. The van der Waals surface area contributed by atoms with Crippen LogP contribution in [0.1, 0.15) is 42.2 Å². The zero-order valence-electron chi connectivity index (χ0n) is 15.3. The number of amides is 1. The lowest BCUT2D eigenvalue weighted by atomic mass is 10.1. The van der Waals surface area contributed by atoms with Crippen LogP contribution in [0.3, 0.4) is 0 Å². The Morgan fingerprint density at radius 2 is 1.88 bits per heavy atom. The number of nitrogens with one attached hydrogen (secondary N) is 1. The van der Waals surface area contributed by atoms with Crippen LogP contribution in [0, 0.1) is 0 Å². The molecule has 1 saturated carbocycles. The third-order valence-corrected chi connectivity index (χ3v) is 5.10. The fourth-order valence-electron chi connectivity index (χ4n) is 3.79. The number of hydrogen-bond donors (Lipinski definition) is 1. The summed E-state index contributed by atoms with van der Waals surface area (Å²) in [4.78, 5) is 19.2. The average Bonchev–Trinajstić information content (AvgIpc) is 3.41. The van der Waals surface area contributed by atoms with Crippen LogP contribution in [0.4, 0.5) is 5.69 Å². The third kappa shape index (κ3) is 3.73. The predicted octanol–water partition coefficient (Wildman–Crippen LogP) is 2.98. The quantitative estimate of drug-likeness (QED) is 0.920. The molecule has 1 amide bonds.